The number of carbonyl (C=O) groups excluding carboxylic acids is 2. The molecule has 2 rings (SSSR count). The van der Waals surface area contributed by atoms with Crippen LogP contribution in [0.25, 0.3) is 0 Å². The molecule has 19 heavy (non-hydrogen) atoms. The van der Waals surface area contributed by atoms with Crippen molar-refractivity contribution in [2.75, 3.05) is 20.2 Å². The third-order valence-corrected chi connectivity index (χ3v) is 3.84. The summed E-state index contributed by atoms with van der Waals surface area (Å²) in [4.78, 5) is 29.0. The van der Waals surface area contributed by atoms with Gasteiger partial charge in [-0.15, -0.1) is 0 Å². The highest BCUT2D eigenvalue weighted by molar-refractivity contribution is 5.96. The SMILES string of the molecule is COC(=O)C1(C)CCCN(C(=O)c2c[nH]cc2C)C1. The lowest BCUT2D eigenvalue weighted by Gasteiger charge is -2.38. The Balaban J connectivity index is 2.16. The Morgan fingerprint density at radius 2 is 2.16 bits per heavy atom. The summed E-state index contributed by atoms with van der Waals surface area (Å²) in [6.45, 7) is 4.87. The van der Waals surface area contributed by atoms with Gasteiger partial charge in [0.15, 0.2) is 0 Å². The summed E-state index contributed by atoms with van der Waals surface area (Å²) >= 11 is 0. The third-order valence-electron chi connectivity index (χ3n) is 3.84. The van der Waals surface area contributed by atoms with Crippen molar-refractivity contribution in [3.8, 4) is 0 Å². The number of amides is 1. The lowest BCUT2D eigenvalue weighted by Crippen LogP contribution is -2.48. The fourth-order valence-corrected chi connectivity index (χ4v) is 2.67. The predicted molar refractivity (Wildman–Crippen MR) is 70.8 cm³/mol. The number of piperidine rings is 1. The molecule has 0 spiro atoms. The third kappa shape index (κ3) is 2.50. The molecule has 1 fully saturated rings. The van der Waals surface area contributed by atoms with Crippen LogP contribution < -0.4 is 0 Å². The summed E-state index contributed by atoms with van der Waals surface area (Å²) in [5, 5.41) is 0. The van der Waals surface area contributed by atoms with Crippen molar-refractivity contribution < 1.29 is 14.3 Å². The van der Waals surface area contributed by atoms with Crippen LogP contribution in [0.2, 0.25) is 0 Å². The van der Waals surface area contributed by atoms with E-state index in [1.165, 1.54) is 7.11 Å². The van der Waals surface area contributed by atoms with E-state index in [2.05, 4.69) is 4.98 Å². The van der Waals surface area contributed by atoms with Crippen molar-refractivity contribution in [1.29, 1.82) is 0 Å². The molecule has 1 unspecified atom stereocenters. The zero-order valence-corrected chi connectivity index (χ0v) is 11.7. The van der Waals surface area contributed by atoms with Crippen molar-refractivity contribution in [1.82, 2.24) is 9.88 Å². The van der Waals surface area contributed by atoms with Crippen LogP contribution >= 0.6 is 0 Å². The highest BCUT2D eigenvalue weighted by Crippen LogP contribution is 2.31. The second-order valence-corrected chi connectivity index (χ2v) is 5.43. The van der Waals surface area contributed by atoms with E-state index < -0.39 is 5.41 Å². The first-order valence-corrected chi connectivity index (χ1v) is 6.49. The molecule has 0 bridgehead atoms. The topological polar surface area (TPSA) is 62.4 Å². The van der Waals surface area contributed by atoms with Crippen LogP contribution in [0, 0.1) is 12.3 Å². The zero-order chi connectivity index (χ0) is 14.0. The summed E-state index contributed by atoms with van der Waals surface area (Å²) in [5.74, 6) is -0.260. The second kappa shape index (κ2) is 5.07. The highest BCUT2D eigenvalue weighted by Gasteiger charge is 2.40. The zero-order valence-electron chi connectivity index (χ0n) is 11.7. The number of nitrogens with zero attached hydrogens (tertiary/aromatic N) is 1. The van der Waals surface area contributed by atoms with Crippen molar-refractivity contribution in [3.05, 3.63) is 23.5 Å². The number of hydrogen-bond acceptors (Lipinski definition) is 3. The molecular weight excluding hydrogens is 244 g/mol. The minimum atomic E-state index is -0.590. The molecule has 1 aliphatic heterocycles. The normalized spacial score (nSPS) is 23.2. The molecule has 104 valence electrons. The van der Waals surface area contributed by atoms with Gasteiger partial charge in [0, 0.05) is 25.5 Å². The number of methoxy groups -OCH3 is 1. The first-order valence-electron chi connectivity index (χ1n) is 6.49. The number of nitrogens with one attached hydrogen (secondary N) is 1. The largest absolute Gasteiger partial charge is 0.469 e. The first-order chi connectivity index (χ1) is 8.98. The summed E-state index contributed by atoms with van der Waals surface area (Å²) in [6, 6.07) is 0. The van der Waals surface area contributed by atoms with Crippen LogP contribution in [0.1, 0.15) is 35.7 Å². The summed E-state index contributed by atoms with van der Waals surface area (Å²) < 4.78 is 4.85. The van der Waals surface area contributed by atoms with E-state index in [9.17, 15) is 9.59 Å². The molecule has 1 aromatic heterocycles. The number of ether oxygens (including phenoxy) is 1. The van der Waals surface area contributed by atoms with Gasteiger partial charge in [-0.3, -0.25) is 9.59 Å². The molecule has 1 N–H and O–H groups in total. The Bertz CT molecular complexity index is 495. The lowest BCUT2D eigenvalue weighted by molar-refractivity contribution is -0.154. The maximum atomic E-state index is 12.4. The minimum absolute atomic E-state index is 0.0198. The molecule has 0 radical (unpaired) electrons. The smallest absolute Gasteiger partial charge is 0.313 e. The van der Waals surface area contributed by atoms with E-state index in [-0.39, 0.29) is 11.9 Å². The molecule has 0 saturated carbocycles. The Labute approximate surface area is 112 Å². The molecule has 5 nitrogen and oxygen atoms in total. The summed E-state index contributed by atoms with van der Waals surface area (Å²) in [6.07, 6.45) is 5.09. The monoisotopic (exact) mass is 264 g/mol. The van der Waals surface area contributed by atoms with Gasteiger partial charge in [0.05, 0.1) is 18.1 Å². The first kappa shape index (κ1) is 13.6. The van der Waals surface area contributed by atoms with Gasteiger partial charge in [-0.25, -0.2) is 0 Å². The quantitative estimate of drug-likeness (QED) is 0.828. The predicted octanol–water partition coefficient (Wildman–Crippen LogP) is 1.74. The van der Waals surface area contributed by atoms with Gasteiger partial charge in [-0.1, -0.05) is 0 Å². The fourth-order valence-electron chi connectivity index (χ4n) is 2.67. The van der Waals surface area contributed by atoms with Gasteiger partial charge in [0.1, 0.15) is 0 Å². The fraction of sp³-hybridized carbons (Fsp3) is 0.571. The van der Waals surface area contributed by atoms with E-state index in [0.717, 1.165) is 18.4 Å². The lowest BCUT2D eigenvalue weighted by atomic mass is 9.81. The van der Waals surface area contributed by atoms with E-state index in [1.807, 2.05) is 13.8 Å². The van der Waals surface area contributed by atoms with Crippen LogP contribution in [0.5, 0.6) is 0 Å². The van der Waals surface area contributed by atoms with Crippen LogP contribution in [-0.4, -0.2) is 42.0 Å². The van der Waals surface area contributed by atoms with Crippen molar-refractivity contribution in [3.63, 3.8) is 0 Å². The molecule has 1 amide bonds. The average Bonchev–Trinajstić information content (AvgIpc) is 2.83. The minimum Gasteiger partial charge on any atom is -0.469 e. The van der Waals surface area contributed by atoms with E-state index in [0.29, 0.717) is 18.7 Å². The van der Waals surface area contributed by atoms with Crippen LogP contribution in [0.4, 0.5) is 0 Å². The molecular formula is C14H20N2O3. The van der Waals surface area contributed by atoms with Gasteiger partial charge < -0.3 is 14.6 Å². The molecule has 1 aliphatic rings. The number of aromatic amines is 1. The molecule has 1 aromatic rings. The molecule has 2 heterocycles. The van der Waals surface area contributed by atoms with Crippen molar-refractivity contribution >= 4 is 11.9 Å². The summed E-state index contributed by atoms with van der Waals surface area (Å²) in [5.41, 5.74) is 1.01. The Kier molecular flexibility index (Phi) is 3.64. The van der Waals surface area contributed by atoms with E-state index >= 15 is 0 Å². The number of aryl methyl sites for hydroxylation is 1. The number of aromatic nitrogens is 1. The van der Waals surface area contributed by atoms with Gasteiger partial charge in [-0.05, 0) is 32.3 Å². The van der Waals surface area contributed by atoms with Gasteiger partial charge in [-0.2, -0.15) is 0 Å². The van der Waals surface area contributed by atoms with Gasteiger partial charge in [0.2, 0.25) is 0 Å². The van der Waals surface area contributed by atoms with Crippen LogP contribution in [0.3, 0.4) is 0 Å². The molecule has 1 atom stereocenters. The molecule has 0 aliphatic carbocycles. The number of rotatable bonds is 2. The molecule has 5 heteroatoms. The van der Waals surface area contributed by atoms with Crippen molar-refractivity contribution in [2.45, 2.75) is 26.7 Å². The Morgan fingerprint density at radius 1 is 1.42 bits per heavy atom. The maximum Gasteiger partial charge on any atom is 0.313 e. The van der Waals surface area contributed by atoms with Gasteiger partial charge in [0.25, 0.3) is 5.91 Å². The number of hydrogen-bond donors (Lipinski definition) is 1. The maximum absolute atomic E-state index is 12.4. The number of esters is 1. The Hall–Kier alpha value is -1.78. The standard InChI is InChI=1S/C14H20N2O3/c1-10-7-15-8-11(10)12(17)16-6-4-5-14(2,9-16)13(18)19-3/h7-8,15H,4-6,9H2,1-3H3. The highest BCUT2D eigenvalue weighted by atomic mass is 16.5. The van der Waals surface area contributed by atoms with Crippen LogP contribution in [0.15, 0.2) is 12.4 Å². The second-order valence-electron chi connectivity index (χ2n) is 5.43. The van der Waals surface area contributed by atoms with E-state index in [1.54, 1.807) is 17.3 Å². The van der Waals surface area contributed by atoms with Crippen LogP contribution in [-0.2, 0) is 9.53 Å². The molecule has 1 saturated heterocycles. The number of likely N-dealkylation sites (tertiary alicyclic amines) is 1. The van der Waals surface area contributed by atoms with Gasteiger partial charge >= 0.3 is 5.97 Å². The molecule has 0 aromatic carbocycles. The number of H-pyrrole nitrogens is 1. The Morgan fingerprint density at radius 3 is 2.74 bits per heavy atom. The average molecular weight is 264 g/mol. The number of carbonyl (C=O) groups is 2. The van der Waals surface area contributed by atoms with E-state index in [4.69, 9.17) is 4.74 Å². The summed E-state index contributed by atoms with van der Waals surface area (Å²) in [7, 11) is 1.39. The van der Waals surface area contributed by atoms with Crippen molar-refractivity contribution in [2.24, 2.45) is 5.41 Å².